The average molecular weight is 263 g/mol. The Morgan fingerprint density at radius 3 is 2.68 bits per heavy atom. The van der Waals surface area contributed by atoms with Gasteiger partial charge in [-0.1, -0.05) is 6.92 Å². The Morgan fingerprint density at radius 2 is 2.00 bits per heavy atom. The van der Waals surface area contributed by atoms with Crippen molar-refractivity contribution < 1.29 is 0 Å². The molecule has 2 aliphatic heterocycles. The van der Waals surface area contributed by atoms with Crippen molar-refractivity contribution in [2.75, 3.05) is 39.3 Å². The van der Waals surface area contributed by atoms with Crippen molar-refractivity contribution in [1.82, 2.24) is 24.7 Å². The van der Waals surface area contributed by atoms with Crippen molar-refractivity contribution in [3.8, 4) is 0 Å². The summed E-state index contributed by atoms with van der Waals surface area (Å²) in [6.45, 7) is 12.2. The van der Waals surface area contributed by atoms with E-state index in [4.69, 9.17) is 4.98 Å². The van der Waals surface area contributed by atoms with Gasteiger partial charge in [0.05, 0.1) is 17.4 Å². The van der Waals surface area contributed by atoms with E-state index in [1.807, 2.05) is 0 Å². The highest BCUT2D eigenvalue weighted by Crippen LogP contribution is 2.28. The van der Waals surface area contributed by atoms with E-state index < -0.39 is 0 Å². The van der Waals surface area contributed by atoms with Gasteiger partial charge >= 0.3 is 0 Å². The molecule has 1 saturated heterocycles. The number of nitrogens with one attached hydrogen (secondary N) is 1. The Kier molecular flexibility index (Phi) is 3.60. The summed E-state index contributed by atoms with van der Waals surface area (Å²) in [5, 5.41) is 3.52. The zero-order valence-corrected chi connectivity index (χ0v) is 12.3. The van der Waals surface area contributed by atoms with Crippen LogP contribution in [0.4, 0.5) is 0 Å². The minimum atomic E-state index is 0.494. The molecule has 1 atom stereocenters. The summed E-state index contributed by atoms with van der Waals surface area (Å²) in [7, 11) is 2.15. The third-order valence-electron chi connectivity index (χ3n) is 4.68. The summed E-state index contributed by atoms with van der Waals surface area (Å²) in [6.07, 6.45) is 0. The van der Waals surface area contributed by atoms with Gasteiger partial charge < -0.3 is 14.8 Å². The predicted molar refractivity (Wildman–Crippen MR) is 76.1 cm³/mol. The quantitative estimate of drug-likeness (QED) is 0.843. The fourth-order valence-corrected chi connectivity index (χ4v) is 3.36. The average Bonchev–Trinajstić information content (AvgIpc) is 2.74. The molecule has 5 heteroatoms. The van der Waals surface area contributed by atoms with Gasteiger partial charge in [-0.15, -0.1) is 0 Å². The third-order valence-corrected chi connectivity index (χ3v) is 4.68. The first-order chi connectivity index (χ1) is 9.20. The van der Waals surface area contributed by atoms with E-state index in [-0.39, 0.29) is 0 Å². The molecular weight excluding hydrogens is 238 g/mol. The summed E-state index contributed by atoms with van der Waals surface area (Å²) in [5.41, 5.74) is 2.68. The van der Waals surface area contributed by atoms with Gasteiger partial charge in [0.25, 0.3) is 0 Å². The molecule has 0 radical (unpaired) electrons. The van der Waals surface area contributed by atoms with Crippen LogP contribution >= 0.6 is 0 Å². The lowest BCUT2D eigenvalue weighted by Gasteiger charge is -2.40. The van der Waals surface area contributed by atoms with Crippen molar-refractivity contribution in [1.29, 1.82) is 0 Å². The fraction of sp³-hybridized carbons (Fsp3) is 0.786. The van der Waals surface area contributed by atoms with E-state index in [0.29, 0.717) is 6.04 Å². The van der Waals surface area contributed by atoms with Crippen LogP contribution in [-0.2, 0) is 13.6 Å². The van der Waals surface area contributed by atoms with E-state index in [2.05, 4.69) is 40.6 Å². The minimum absolute atomic E-state index is 0.494. The highest BCUT2D eigenvalue weighted by Gasteiger charge is 2.31. The van der Waals surface area contributed by atoms with Crippen LogP contribution in [0, 0.1) is 6.92 Å². The van der Waals surface area contributed by atoms with E-state index in [9.17, 15) is 0 Å². The lowest BCUT2D eigenvalue weighted by Crippen LogP contribution is -2.50. The molecule has 1 unspecified atom stereocenters. The number of nitrogens with zero attached hydrogens (tertiary/aromatic N) is 4. The Hall–Kier alpha value is -0.910. The molecule has 106 valence electrons. The van der Waals surface area contributed by atoms with Crippen molar-refractivity contribution in [3.63, 3.8) is 0 Å². The number of hydrogen-bond acceptors (Lipinski definition) is 4. The molecule has 1 fully saturated rings. The molecule has 1 aromatic rings. The summed E-state index contributed by atoms with van der Waals surface area (Å²) in [5.74, 6) is 1.13. The maximum atomic E-state index is 4.69. The predicted octanol–water partition coefficient (Wildman–Crippen LogP) is 0.510. The molecule has 0 aromatic carbocycles. The molecule has 1 N–H and O–H groups in total. The van der Waals surface area contributed by atoms with Gasteiger partial charge in [-0.25, -0.2) is 4.98 Å². The van der Waals surface area contributed by atoms with E-state index in [0.717, 1.165) is 18.9 Å². The van der Waals surface area contributed by atoms with Gasteiger partial charge in [-0.3, -0.25) is 4.90 Å². The summed E-state index contributed by atoms with van der Waals surface area (Å²) < 4.78 is 2.28. The Bertz CT molecular complexity index is 445. The van der Waals surface area contributed by atoms with Crippen LogP contribution in [0.3, 0.4) is 0 Å². The lowest BCUT2D eigenvalue weighted by atomic mass is 10.0. The maximum Gasteiger partial charge on any atom is 0.105 e. The molecule has 0 amide bonds. The fourth-order valence-electron chi connectivity index (χ4n) is 3.36. The van der Waals surface area contributed by atoms with Crippen LogP contribution in [0.5, 0.6) is 0 Å². The molecule has 3 rings (SSSR count). The van der Waals surface area contributed by atoms with Gasteiger partial charge in [0.1, 0.15) is 5.82 Å². The number of aromatic nitrogens is 2. The Labute approximate surface area is 115 Å². The van der Waals surface area contributed by atoms with Gasteiger partial charge in [0.2, 0.25) is 0 Å². The molecular formula is C14H25N5. The molecule has 0 bridgehead atoms. The number of aryl methyl sites for hydroxylation is 1. The Balaban J connectivity index is 1.80. The van der Waals surface area contributed by atoms with Gasteiger partial charge in [0.15, 0.2) is 0 Å². The maximum absolute atomic E-state index is 4.69. The highest BCUT2D eigenvalue weighted by molar-refractivity contribution is 5.23. The molecule has 2 aliphatic rings. The first-order valence-electron chi connectivity index (χ1n) is 7.40. The third kappa shape index (κ3) is 2.30. The van der Waals surface area contributed by atoms with Crippen LogP contribution in [0.2, 0.25) is 0 Å². The summed E-state index contributed by atoms with van der Waals surface area (Å²) in [6, 6.07) is 0.494. The van der Waals surface area contributed by atoms with Crippen molar-refractivity contribution in [2.45, 2.75) is 26.4 Å². The van der Waals surface area contributed by atoms with E-state index >= 15 is 0 Å². The number of likely N-dealkylation sites (N-methyl/N-ethyl adjacent to an activating group) is 1. The van der Waals surface area contributed by atoms with Crippen LogP contribution in [0.25, 0.3) is 0 Å². The second-order valence-electron chi connectivity index (χ2n) is 5.67. The zero-order chi connectivity index (χ0) is 13.4. The smallest absolute Gasteiger partial charge is 0.105 e. The molecule has 5 nitrogen and oxygen atoms in total. The standard InChI is InChI=1S/C14H25N5/c1-4-18-5-7-19(8-6-18)13-10-15-9-12-14(13)17(3)11(2)16-12/h13,15H,4-10H2,1-3H3. The lowest BCUT2D eigenvalue weighted by molar-refractivity contribution is 0.0917. The number of piperazine rings is 1. The number of rotatable bonds is 2. The van der Waals surface area contributed by atoms with Gasteiger partial charge in [-0.05, 0) is 13.5 Å². The van der Waals surface area contributed by atoms with E-state index in [1.165, 1.54) is 44.1 Å². The van der Waals surface area contributed by atoms with Crippen LogP contribution < -0.4 is 5.32 Å². The normalized spacial score (nSPS) is 25.5. The van der Waals surface area contributed by atoms with Crippen LogP contribution in [0.1, 0.15) is 30.2 Å². The van der Waals surface area contributed by atoms with Crippen molar-refractivity contribution in [3.05, 3.63) is 17.2 Å². The molecule has 0 aliphatic carbocycles. The summed E-state index contributed by atoms with van der Waals surface area (Å²) >= 11 is 0. The number of imidazole rings is 1. The molecule has 0 saturated carbocycles. The van der Waals surface area contributed by atoms with Crippen LogP contribution in [0.15, 0.2) is 0 Å². The highest BCUT2D eigenvalue weighted by atomic mass is 15.3. The molecule has 19 heavy (non-hydrogen) atoms. The molecule has 0 spiro atoms. The second kappa shape index (κ2) is 5.23. The topological polar surface area (TPSA) is 36.3 Å². The zero-order valence-electron chi connectivity index (χ0n) is 12.3. The monoisotopic (exact) mass is 263 g/mol. The second-order valence-corrected chi connectivity index (χ2v) is 5.67. The SMILES string of the molecule is CCN1CCN(C2CNCc3nc(C)n(C)c32)CC1. The van der Waals surface area contributed by atoms with Gasteiger partial charge in [0, 0.05) is 46.3 Å². The minimum Gasteiger partial charge on any atom is -0.334 e. The number of hydrogen-bond donors (Lipinski definition) is 1. The summed E-state index contributed by atoms with van der Waals surface area (Å²) in [4.78, 5) is 9.84. The van der Waals surface area contributed by atoms with Crippen LogP contribution in [-0.4, -0.2) is 58.6 Å². The first kappa shape index (κ1) is 13.1. The first-order valence-corrected chi connectivity index (χ1v) is 7.40. The molecule has 1 aromatic heterocycles. The van der Waals surface area contributed by atoms with E-state index in [1.54, 1.807) is 0 Å². The Morgan fingerprint density at radius 1 is 1.26 bits per heavy atom. The van der Waals surface area contributed by atoms with Gasteiger partial charge in [-0.2, -0.15) is 0 Å². The largest absolute Gasteiger partial charge is 0.334 e. The van der Waals surface area contributed by atoms with Crippen molar-refractivity contribution in [2.24, 2.45) is 7.05 Å². The van der Waals surface area contributed by atoms with Crippen molar-refractivity contribution >= 4 is 0 Å². The molecule has 3 heterocycles. The number of fused-ring (bicyclic) bond motifs is 1.